The molecule has 6 heteroatoms. The first kappa shape index (κ1) is 18.9. The number of nitrogens with one attached hydrogen (secondary N) is 2. The van der Waals surface area contributed by atoms with Gasteiger partial charge in [0.1, 0.15) is 0 Å². The summed E-state index contributed by atoms with van der Waals surface area (Å²) >= 11 is 1.60. The highest BCUT2D eigenvalue weighted by molar-refractivity contribution is 7.16. The molecular weight excluding hydrogens is 342 g/mol. The molecule has 0 bridgehead atoms. The van der Waals surface area contributed by atoms with E-state index >= 15 is 0 Å². The summed E-state index contributed by atoms with van der Waals surface area (Å²) in [6, 6.07) is 10.2. The summed E-state index contributed by atoms with van der Waals surface area (Å²) < 4.78 is 0. The van der Waals surface area contributed by atoms with Crippen molar-refractivity contribution in [2.45, 2.75) is 32.6 Å². The van der Waals surface area contributed by atoms with E-state index in [1.165, 1.54) is 4.88 Å². The van der Waals surface area contributed by atoms with Gasteiger partial charge >= 0.3 is 0 Å². The molecule has 0 radical (unpaired) electrons. The van der Waals surface area contributed by atoms with Crippen LogP contribution >= 0.6 is 23.7 Å². The molecule has 0 saturated carbocycles. The van der Waals surface area contributed by atoms with Crippen LogP contribution in [0.4, 0.5) is 5.13 Å². The van der Waals surface area contributed by atoms with Crippen LogP contribution in [0, 0.1) is 5.92 Å². The molecular formula is C18H24ClN3OS. The van der Waals surface area contributed by atoms with Gasteiger partial charge in [0.15, 0.2) is 5.13 Å². The fourth-order valence-electron chi connectivity index (χ4n) is 2.87. The Morgan fingerprint density at radius 1 is 1.25 bits per heavy atom. The second-order valence-corrected chi connectivity index (χ2v) is 7.30. The topological polar surface area (TPSA) is 54.0 Å². The first-order valence-corrected chi connectivity index (χ1v) is 9.04. The normalized spacial score (nSPS) is 15.1. The number of thiazole rings is 1. The Morgan fingerprint density at radius 2 is 1.92 bits per heavy atom. The van der Waals surface area contributed by atoms with Crippen LogP contribution in [0.5, 0.6) is 0 Å². The van der Waals surface area contributed by atoms with Crippen molar-refractivity contribution in [2.24, 2.45) is 5.92 Å². The molecule has 3 rings (SSSR count). The molecule has 1 fully saturated rings. The maximum Gasteiger partial charge on any atom is 0.229 e. The Balaban J connectivity index is 0.00000208. The quantitative estimate of drug-likeness (QED) is 0.849. The van der Waals surface area contributed by atoms with Crippen molar-refractivity contribution in [3.63, 3.8) is 0 Å². The summed E-state index contributed by atoms with van der Waals surface area (Å²) in [5.41, 5.74) is 2.10. The van der Waals surface area contributed by atoms with Crippen molar-refractivity contribution < 1.29 is 4.79 Å². The number of aromatic nitrogens is 1. The highest BCUT2D eigenvalue weighted by atomic mass is 35.5. The third-order valence-electron chi connectivity index (χ3n) is 4.17. The van der Waals surface area contributed by atoms with E-state index in [2.05, 4.69) is 36.6 Å². The molecule has 2 aromatic rings. The number of nitrogens with zero attached hydrogens (tertiary/aromatic N) is 1. The largest absolute Gasteiger partial charge is 0.317 e. The number of piperidine rings is 1. The molecule has 4 nitrogen and oxygen atoms in total. The van der Waals surface area contributed by atoms with Crippen molar-refractivity contribution >= 4 is 34.8 Å². The van der Waals surface area contributed by atoms with Gasteiger partial charge in [-0.3, -0.25) is 4.79 Å². The predicted molar refractivity (Wildman–Crippen MR) is 103 cm³/mol. The standard InChI is InChI=1S/C18H23N3OS.ClH/c1-12(2)16-15(13-6-4-3-5-7-13)20-18(23-16)21-17(22)14-8-10-19-11-9-14;/h3-7,12,14,19H,8-11H2,1-2H3,(H,20,21,22);1H. The van der Waals surface area contributed by atoms with E-state index in [-0.39, 0.29) is 24.2 Å². The molecule has 0 spiro atoms. The second kappa shape index (κ2) is 8.60. The molecule has 1 aromatic heterocycles. The van der Waals surface area contributed by atoms with E-state index in [0.717, 1.165) is 42.3 Å². The van der Waals surface area contributed by atoms with Crippen molar-refractivity contribution in [2.75, 3.05) is 18.4 Å². The SMILES string of the molecule is CC(C)c1sc(NC(=O)C2CCNCC2)nc1-c1ccccc1.Cl. The van der Waals surface area contributed by atoms with Gasteiger partial charge in [0.25, 0.3) is 0 Å². The van der Waals surface area contributed by atoms with Gasteiger partial charge < -0.3 is 10.6 Å². The molecule has 0 unspecified atom stereocenters. The lowest BCUT2D eigenvalue weighted by atomic mass is 9.97. The second-order valence-electron chi connectivity index (χ2n) is 6.27. The zero-order valence-electron chi connectivity index (χ0n) is 14.0. The third kappa shape index (κ3) is 4.35. The van der Waals surface area contributed by atoms with Gasteiger partial charge in [-0.15, -0.1) is 23.7 Å². The van der Waals surface area contributed by atoms with Crippen LogP contribution in [-0.4, -0.2) is 24.0 Å². The van der Waals surface area contributed by atoms with Gasteiger partial charge in [0.2, 0.25) is 5.91 Å². The van der Waals surface area contributed by atoms with Crippen LogP contribution < -0.4 is 10.6 Å². The van der Waals surface area contributed by atoms with Gasteiger partial charge in [-0.1, -0.05) is 44.2 Å². The lowest BCUT2D eigenvalue weighted by Crippen LogP contribution is -2.34. The number of hydrogen-bond acceptors (Lipinski definition) is 4. The predicted octanol–water partition coefficient (Wildman–Crippen LogP) is 4.29. The first-order valence-electron chi connectivity index (χ1n) is 8.23. The van der Waals surface area contributed by atoms with Gasteiger partial charge in [0, 0.05) is 16.4 Å². The van der Waals surface area contributed by atoms with Gasteiger partial charge in [-0.2, -0.15) is 0 Å². The zero-order valence-corrected chi connectivity index (χ0v) is 15.7. The maximum absolute atomic E-state index is 12.4. The molecule has 1 aromatic carbocycles. The number of amides is 1. The molecule has 0 atom stereocenters. The maximum atomic E-state index is 12.4. The Bertz CT molecular complexity index is 666. The monoisotopic (exact) mass is 365 g/mol. The number of halogens is 1. The van der Waals surface area contributed by atoms with E-state index in [0.29, 0.717) is 5.92 Å². The van der Waals surface area contributed by atoms with Crippen LogP contribution in [-0.2, 0) is 4.79 Å². The average Bonchev–Trinajstić information content (AvgIpc) is 3.00. The highest BCUT2D eigenvalue weighted by Gasteiger charge is 2.23. The van der Waals surface area contributed by atoms with Gasteiger partial charge in [-0.25, -0.2) is 4.98 Å². The average molecular weight is 366 g/mol. The van der Waals surface area contributed by atoms with Crippen molar-refractivity contribution in [3.8, 4) is 11.3 Å². The number of hydrogen-bond donors (Lipinski definition) is 2. The Morgan fingerprint density at radius 3 is 2.54 bits per heavy atom. The molecule has 24 heavy (non-hydrogen) atoms. The fourth-order valence-corrected chi connectivity index (χ4v) is 3.86. The van der Waals surface area contributed by atoms with Gasteiger partial charge in [-0.05, 0) is 31.8 Å². The number of benzene rings is 1. The van der Waals surface area contributed by atoms with E-state index in [1.807, 2.05) is 18.2 Å². The van der Waals surface area contributed by atoms with E-state index in [1.54, 1.807) is 11.3 Å². The molecule has 1 saturated heterocycles. The van der Waals surface area contributed by atoms with Crippen molar-refractivity contribution in [1.29, 1.82) is 0 Å². The van der Waals surface area contributed by atoms with Gasteiger partial charge in [0.05, 0.1) is 5.69 Å². The summed E-state index contributed by atoms with van der Waals surface area (Å²) in [5.74, 6) is 0.588. The fraction of sp³-hybridized carbons (Fsp3) is 0.444. The Labute approximate surface area is 153 Å². The van der Waals surface area contributed by atoms with Crippen molar-refractivity contribution in [3.05, 3.63) is 35.2 Å². The van der Waals surface area contributed by atoms with Crippen LogP contribution in [0.15, 0.2) is 30.3 Å². The molecule has 0 aliphatic carbocycles. The first-order chi connectivity index (χ1) is 11.1. The van der Waals surface area contributed by atoms with Crippen LogP contribution in [0.2, 0.25) is 0 Å². The molecule has 1 amide bonds. The highest BCUT2D eigenvalue weighted by Crippen LogP contribution is 2.36. The molecule has 2 heterocycles. The summed E-state index contributed by atoms with van der Waals surface area (Å²) in [6.45, 7) is 6.17. The Kier molecular flexibility index (Phi) is 6.78. The summed E-state index contributed by atoms with van der Waals surface area (Å²) in [6.07, 6.45) is 1.81. The van der Waals surface area contributed by atoms with E-state index in [9.17, 15) is 4.79 Å². The zero-order chi connectivity index (χ0) is 16.2. The van der Waals surface area contributed by atoms with Crippen molar-refractivity contribution in [1.82, 2.24) is 10.3 Å². The number of carbonyl (C=O) groups is 1. The van der Waals surface area contributed by atoms with E-state index < -0.39 is 0 Å². The number of carbonyl (C=O) groups excluding carboxylic acids is 1. The summed E-state index contributed by atoms with van der Waals surface area (Å²) in [4.78, 5) is 18.3. The summed E-state index contributed by atoms with van der Waals surface area (Å²) in [7, 11) is 0. The summed E-state index contributed by atoms with van der Waals surface area (Å²) in [5, 5.41) is 7.05. The number of rotatable bonds is 4. The molecule has 130 valence electrons. The Hall–Kier alpha value is -1.43. The minimum Gasteiger partial charge on any atom is -0.317 e. The minimum atomic E-state index is 0. The smallest absolute Gasteiger partial charge is 0.229 e. The molecule has 2 N–H and O–H groups in total. The van der Waals surface area contributed by atoms with Crippen LogP contribution in [0.3, 0.4) is 0 Å². The lowest BCUT2D eigenvalue weighted by Gasteiger charge is -2.21. The van der Waals surface area contributed by atoms with Crippen LogP contribution in [0.25, 0.3) is 11.3 Å². The number of anilines is 1. The molecule has 1 aliphatic rings. The van der Waals surface area contributed by atoms with E-state index in [4.69, 9.17) is 4.98 Å². The minimum absolute atomic E-state index is 0. The van der Waals surface area contributed by atoms with Crippen LogP contribution in [0.1, 0.15) is 37.5 Å². The molecule has 1 aliphatic heterocycles. The lowest BCUT2D eigenvalue weighted by molar-refractivity contribution is -0.120. The third-order valence-corrected chi connectivity index (χ3v) is 5.44.